The first kappa shape index (κ1) is 15.9. The van der Waals surface area contributed by atoms with Crippen LogP contribution >= 0.6 is 7.14 Å². The zero-order chi connectivity index (χ0) is 17.2. The summed E-state index contributed by atoms with van der Waals surface area (Å²) in [6.45, 7) is 0. The standard InChI is InChI=1S/C19H14NO3P/c20-13-14-3-1-2-4-19(14)24(23,17-9-5-15(21)6-10-17)18-11-7-16(22)8-12-18/h1-12,21-22H. The molecule has 118 valence electrons. The largest absolute Gasteiger partial charge is 0.508 e. The van der Waals surface area contributed by atoms with Crippen LogP contribution in [0.15, 0.2) is 72.8 Å². The molecule has 0 aliphatic heterocycles. The van der Waals surface area contributed by atoms with Gasteiger partial charge in [0.05, 0.1) is 11.6 Å². The molecule has 0 saturated carbocycles. The van der Waals surface area contributed by atoms with Gasteiger partial charge in [-0.3, -0.25) is 0 Å². The van der Waals surface area contributed by atoms with E-state index in [1.807, 2.05) is 0 Å². The van der Waals surface area contributed by atoms with Gasteiger partial charge in [0.2, 0.25) is 0 Å². The van der Waals surface area contributed by atoms with Crippen molar-refractivity contribution in [1.29, 1.82) is 5.26 Å². The molecule has 0 aromatic heterocycles. The quantitative estimate of drug-likeness (QED) is 0.721. The van der Waals surface area contributed by atoms with Crippen LogP contribution in [0, 0.1) is 11.3 Å². The summed E-state index contributed by atoms with van der Waals surface area (Å²) >= 11 is 0. The molecule has 0 atom stereocenters. The topological polar surface area (TPSA) is 81.3 Å². The van der Waals surface area contributed by atoms with E-state index in [2.05, 4.69) is 6.07 Å². The molecule has 0 radical (unpaired) electrons. The first-order valence-corrected chi connectivity index (χ1v) is 8.95. The molecule has 5 heteroatoms. The minimum absolute atomic E-state index is 0.0737. The molecule has 0 fully saturated rings. The van der Waals surface area contributed by atoms with Crippen molar-refractivity contribution in [2.45, 2.75) is 0 Å². The van der Waals surface area contributed by atoms with Gasteiger partial charge in [-0.2, -0.15) is 5.26 Å². The summed E-state index contributed by atoms with van der Waals surface area (Å²) in [5, 5.41) is 29.9. The van der Waals surface area contributed by atoms with Crippen LogP contribution in [0.1, 0.15) is 5.56 Å². The molecule has 2 N–H and O–H groups in total. The van der Waals surface area contributed by atoms with E-state index in [4.69, 9.17) is 0 Å². The fourth-order valence-electron chi connectivity index (χ4n) is 2.60. The summed E-state index contributed by atoms with van der Waals surface area (Å²) in [4.78, 5) is 0. The first-order valence-electron chi connectivity index (χ1n) is 7.24. The third-order valence-corrected chi connectivity index (χ3v) is 6.91. The van der Waals surface area contributed by atoms with Crippen molar-refractivity contribution in [2.75, 3.05) is 0 Å². The van der Waals surface area contributed by atoms with E-state index in [0.29, 0.717) is 21.5 Å². The highest BCUT2D eigenvalue weighted by Gasteiger charge is 2.32. The molecular formula is C19H14NO3P. The Morgan fingerprint density at radius 2 is 1.21 bits per heavy atom. The second-order valence-electron chi connectivity index (χ2n) is 5.27. The molecule has 0 amide bonds. The molecule has 0 saturated heterocycles. The number of nitriles is 1. The minimum atomic E-state index is -3.31. The zero-order valence-corrected chi connectivity index (χ0v) is 13.5. The van der Waals surface area contributed by atoms with Crippen LogP contribution in [-0.4, -0.2) is 10.2 Å². The van der Waals surface area contributed by atoms with Crippen molar-refractivity contribution in [3.63, 3.8) is 0 Å². The van der Waals surface area contributed by atoms with E-state index in [-0.39, 0.29) is 11.5 Å². The van der Waals surface area contributed by atoms with Crippen molar-refractivity contribution < 1.29 is 14.8 Å². The van der Waals surface area contributed by atoms with Gasteiger partial charge in [0.1, 0.15) is 11.5 Å². The van der Waals surface area contributed by atoms with Crippen LogP contribution in [0.4, 0.5) is 0 Å². The molecule has 0 aliphatic carbocycles. The third-order valence-electron chi connectivity index (χ3n) is 3.79. The van der Waals surface area contributed by atoms with E-state index in [9.17, 15) is 20.0 Å². The first-order chi connectivity index (χ1) is 11.6. The molecule has 0 aliphatic rings. The van der Waals surface area contributed by atoms with Crippen LogP contribution in [0.3, 0.4) is 0 Å². The predicted molar refractivity (Wildman–Crippen MR) is 93.9 cm³/mol. The number of phenolic OH excluding ortho intramolecular Hbond substituents is 2. The average Bonchev–Trinajstić information content (AvgIpc) is 2.62. The van der Waals surface area contributed by atoms with E-state index < -0.39 is 7.14 Å². The predicted octanol–water partition coefficient (Wildman–Crippen LogP) is 2.61. The van der Waals surface area contributed by atoms with Gasteiger partial charge in [-0.15, -0.1) is 0 Å². The Morgan fingerprint density at radius 3 is 1.67 bits per heavy atom. The molecular weight excluding hydrogens is 321 g/mol. The highest BCUT2D eigenvalue weighted by molar-refractivity contribution is 7.85. The Morgan fingerprint density at radius 1 is 0.750 bits per heavy atom. The van der Waals surface area contributed by atoms with Crippen molar-refractivity contribution in [1.82, 2.24) is 0 Å². The lowest BCUT2D eigenvalue weighted by Crippen LogP contribution is -2.26. The summed E-state index contributed by atoms with van der Waals surface area (Å²) in [5.74, 6) is 0.147. The molecule has 0 unspecified atom stereocenters. The molecule has 3 aromatic carbocycles. The summed E-state index contributed by atoms with van der Waals surface area (Å²) in [5.41, 5.74) is 0.335. The van der Waals surface area contributed by atoms with Gasteiger partial charge in [-0.05, 0) is 60.7 Å². The van der Waals surface area contributed by atoms with Gasteiger partial charge < -0.3 is 14.8 Å². The smallest absolute Gasteiger partial charge is 0.172 e. The molecule has 0 spiro atoms. The van der Waals surface area contributed by atoms with Crippen LogP contribution in [-0.2, 0) is 4.57 Å². The van der Waals surface area contributed by atoms with Crippen molar-refractivity contribution in [3.8, 4) is 17.6 Å². The molecule has 3 aromatic rings. The van der Waals surface area contributed by atoms with Crippen LogP contribution in [0.25, 0.3) is 0 Å². The van der Waals surface area contributed by atoms with Crippen LogP contribution in [0.5, 0.6) is 11.5 Å². The maximum atomic E-state index is 14.1. The number of hydrogen-bond acceptors (Lipinski definition) is 4. The number of aromatic hydroxyl groups is 2. The SMILES string of the molecule is N#Cc1ccccc1P(=O)(c1ccc(O)cc1)c1ccc(O)cc1. The normalized spacial score (nSPS) is 11.0. The lowest BCUT2D eigenvalue weighted by Gasteiger charge is -2.21. The monoisotopic (exact) mass is 335 g/mol. The number of hydrogen-bond donors (Lipinski definition) is 2. The molecule has 3 rings (SSSR count). The highest BCUT2D eigenvalue weighted by atomic mass is 31.2. The maximum absolute atomic E-state index is 14.1. The van der Waals surface area contributed by atoms with Crippen LogP contribution < -0.4 is 15.9 Å². The Bertz CT molecular complexity index is 908. The second-order valence-corrected chi connectivity index (χ2v) is 8.00. The molecule has 4 nitrogen and oxygen atoms in total. The molecule has 0 bridgehead atoms. The highest BCUT2D eigenvalue weighted by Crippen LogP contribution is 2.43. The van der Waals surface area contributed by atoms with Crippen molar-refractivity contribution in [3.05, 3.63) is 78.4 Å². The van der Waals surface area contributed by atoms with Crippen LogP contribution in [0.2, 0.25) is 0 Å². The lowest BCUT2D eigenvalue weighted by molar-refractivity contribution is 0.475. The van der Waals surface area contributed by atoms with E-state index in [1.54, 1.807) is 48.5 Å². The number of phenols is 2. The van der Waals surface area contributed by atoms with Gasteiger partial charge in [0.25, 0.3) is 0 Å². The summed E-state index contributed by atoms with van der Waals surface area (Å²) in [7, 11) is -3.31. The summed E-state index contributed by atoms with van der Waals surface area (Å²) in [6.07, 6.45) is 0. The van der Waals surface area contributed by atoms with Gasteiger partial charge in [0, 0.05) is 15.9 Å². The maximum Gasteiger partial charge on any atom is 0.172 e. The van der Waals surface area contributed by atoms with Crippen molar-refractivity contribution in [2.24, 2.45) is 0 Å². The summed E-state index contributed by atoms with van der Waals surface area (Å²) < 4.78 is 14.1. The van der Waals surface area contributed by atoms with Crippen molar-refractivity contribution >= 4 is 23.1 Å². The molecule has 24 heavy (non-hydrogen) atoms. The van der Waals surface area contributed by atoms with Gasteiger partial charge in [-0.1, -0.05) is 12.1 Å². The van der Waals surface area contributed by atoms with E-state index in [1.165, 1.54) is 24.3 Å². The average molecular weight is 335 g/mol. The van der Waals surface area contributed by atoms with Gasteiger partial charge >= 0.3 is 0 Å². The number of nitrogens with zero attached hydrogens (tertiary/aromatic N) is 1. The number of benzene rings is 3. The van der Waals surface area contributed by atoms with E-state index >= 15 is 0 Å². The van der Waals surface area contributed by atoms with Gasteiger partial charge in [0.15, 0.2) is 7.14 Å². The van der Waals surface area contributed by atoms with E-state index in [0.717, 1.165) is 0 Å². The molecule has 0 heterocycles. The fourth-order valence-corrected chi connectivity index (χ4v) is 5.35. The summed E-state index contributed by atoms with van der Waals surface area (Å²) in [6, 6.07) is 21.1. The Balaban J connectivity index is 2.33. The Hall–Kier alpha value is -3.02. The Labute approximate surface area is 139 Å². The lowest BCUT2D eigenvalue weighted by atomic mass is 10.2. The Kier molecular flexibility index (Phi) is 4.12. The van der Waals surface area contributed by atoms with Gasteiger partial charge in [-0.25, -0.2) is 0 Å². The number of rotatable bonds is 3. The minimum Gasteiger partial charge on any atom is -0.508 e. The second kappa shape index (κ2) is 6.23. The fraction of sp³-hybridized carbons (Fsp3) is 0. The third kappa shape index (κ3) is 2.67. The zero-order valence-electron chi connectivity index (χ0n) is 12.6.